The summed E-state index contributed by atoms with van der Waals surface area (Å²) in [5, 5.41) is 9.13. The molecule has 0 unspecified atom stereocenters. The first-order valence-electron chi connectivity index (χ1n) is 4.78. The molecule has 0 saturated carbocycles. The van der Waals surface area contributed by atoms with Crippen LogP contribution in [0.4, 0.5) is 0 Å². The van der Waals surface area contributed by atoms with Crippen LogP contribution < -0.4 is 0 Å². The van der Waals surface area contributed by atoms with Gasteiger partial charge in [-0.25, -0.2) is 0 Å². The van der Waals surface area contributed by atoms with Crippen LogP contribution in [0.5, 0.6) is 0 Å². The molecule has 0 spiro atoms. The lowest BCUT2D eigenvalue weighted by molar-refractivity contribution is -0.167. The summed E-state index contributed by atoms with van der Waals surface area (Å²) in [6.45, 7) is 10.3. The van der Waals surface area contributed by atoms with E-state index in [0.29, 0.717) is 0 Å². The number of ether oxygens (including phenoxy) is 1. The van der Waals surface area contributed by atoms with Gasteiger partial charge in [-0.15, -0.1) is 13.2 Å². The van der Waals surface area contributed by atoms with Crippen molar-refractivity contribution in [3.05, 3.63) is 38.0 Å². The number of aliphatic carboxylic acids is 1. The van der Waals surface area contributed by atoms with Gasteiger partial charge in [-0.3, -0.25) is 9.59 Å². The molecule has 0 atom stereocenters. The Bertz CT molecular complexity index is 294. The fourth-order valence-electron chi connectivity index (χ4n) is 1.28. The molecule has 0 aromatic rings. The first-order valence-corrected chi connectivity index (χ1v) is 4.78. The number of carbonyl (C=O) groups is 2. The van der Waals surface area contributed by atoms with Crippen molar-refractivity contribution >= 4 is 11.9 Å². The second-order valence-corrected chi connectivity index (χ2v) is 3.26. The van der Waals surface area contributed by atoms with Crippen LogP contribution in [-0.2, 0) is 14.3 Å². The number of hydrogen-bond acceptors (Lipinski definition) is 3. The topological polar surface area (TPSA) is 63.6 Å². The smallest absolute Gasteiger partial charge is 0.324 e. The van der Waals surface area contributed by atoms with Crippen LogP contribution in [0.3, 0.4) is 0 Å². The molecule has 0 aromatic carbocycles. The molecule has 0 heterocycles. The fourth-order valence-corrected chi connectivity index (χ4v) is 1.28. The number of carbonyl (C=O) groups excluding carboxylic acids is 1. The molecule has 0 aliphatic carbocycles. The molecule has 88 valence electrons. The summed E-state index contributed by atoms with van der Waals surface area (Å²) < 4.78 is 4.79. The van der Waals surface area contributed by atoms with Crippen molar-refractivity contribution in [2.24, 2.45) is 5.41 Å². The monoisotopic (exact) mass is 224 g/mol. The van der Waals surface area contributed by atoms with Crippen LogP contribution in [0.2, 0.25) is 0 Å². The van der Waals surface area contributed by atoms with E-state index in [0.717, 1.165) is 0 Å². The predicted octanol–water partition coefficient (Wildman–Crippen LogP) is 1.94. The van der Waals surface area contributed by atoms with Crippen molar-refractivity contribution < 1.29 is 19.4 Å². The molecule has 1 N–H and O–H groups in total. The molecule has 0 fully saturated rings. The van der Waals surface area contributed by atoms with Gasteiger partial charge in [0, 0.05) is 0 Å². The Morgan fingerprint density at radius 3 is 1.94 bits per heavy atom. The SMILES string of the molecule is C=CCOC(=O)C(CC=C)(CC=C)C(=O)O. The van der Waals surface area contributed by atoms with Gasteiger partial charge in [0.1, 0.15) is 6.61 Å². The molecular formula is C12H16O4. The van der Waals surface area contributed by atoms with Crippen LogP contribution in [-0.4, -0.2) is 23.7 Å². The molecule has 0 aliphatic heterocycles. The van der Waals surface area contributed by atoms with E-state index in [-0.39, 0.29) is 19.4 Å². The third-order valence-electron chi connectivity index (χ3n) is 2.12. The maximum Gasteiger partial charge on any atom is 0.324 e. The van der Waals surface area contributed by atoms with Gasteiger partial charge in [0.15, 0.2) is 5.41 Å². The number of rotatable bonds is 8. The molecule has 0 saturated heterocycles. The summed E-state index contributed by atoms with van der Waals surface area (Å²) in [5.74, 6) is -2.03. The van der Waals surface area contributed by atoms with E-state index in [4.69, 9.17) is 9.84 Å². The van der Waals surface area contributed by atoms with Crippen molar-refractivity contribution in [1.29, 1.82) is 0 Å². The minimum Gasteiger partial charge on any atom is -0.480 e. The highest BCUT2D eigenvalue weighted by atomic mass is 16.5. The van der Waals surface area contributed by atoms with Crippen molar-refractivity contribution in [2.75, 3.05) is 6.61 Å². The minimum atomic E-state index is -1.62. The first kappa shape index (κ1) is 14.2. The number of allylic oxidation sites excluding steroid dienone is 2. The molecule has 0 aromatic heterocycles. The lowest BCUT2D eigenvalue weighted by Crippen LogP contribution is -2.40. The summed E-state index contributed by atoms with van der Waals surface area (Å²) >= 11 is 0. The van der Waals surface area contributed by atoms with Crippen LogP contribution in [0.1, 0.15) is 12.8 Å². The van der Waals surface area contributed by atoms with Gasteiger partial charge in [0.2, 0.25) is 0 Å². The molecule has 0 aliphatic rings. The van der Waals surface area contributed by atoms with Gasteiger partial charge < -0.3 is 9.84 Å². The van der Waals surface area contributed by atoms with Crippen molar-refractivity contribution in [1.82, 2.24) is 0 Å². The first-order chi connectivity index (χ1) is 7.55. The second-order valence-electron chi connectivity index (χ2n) is 3.26. The maximum absolute atomic E-state index is 11.7. The molecular weight excluding hydrogens is 208 g/mol. The van der Waals surface area contributed by atoms with Gasteiger partial charge in [-0.1, -0.05) is 24.8 Å². The van der Waals surface area contributed by atoms with E-state index in [1.807, 2.05) is 0 Å². The standard InChI is InChI=1S/C12H16O4/c1-4-7-12(8-5-2,10(13)14)11(15)16-9-6-3/h4-6H,1-3,7-9H2,(H,13,14). The highest BCUT2D eigenvalue weighted by molar-refractivity contribution is 5.99. The summed E-state index contributed by atoms with van der Waals surface area (Å²) in [6, 6.07) is 0. The van der Waals surface area contributed by atoms with Crippen molar-refractivity contribution in [3.8, 4) is 0 Å². The minimum absolute atomic E-state index is 0.00430. The average molecular weight is 224 g/mol. The van der Waals surface area contributed by atoms with Gasteiger partial charge in [0.25, 0.3) is 0 Å². The van der Waals surface area contributed by atoms with Crippen LogP contribution >= 0.6 is 0 Å². The maximum atomic E-state index is 11.7. The molecule has 4 nitrogen and oxygen atoms in total. The quantitative estimate of drug-likeness (QED) is 0.389. The molecule has 0 amide bonds. The summed E-state index contributed by atoms with van der Waals surface area (Å²) in [5.41, 5.74) is -1.62. The molecule has 16 heavy (non-hydrogen) atoms. The largest absolute Gasteiger partial charge is 0.480 e. The Morgan fingerprint density at radius 2 is 1.62 bits per heavy atom. The number of carboxylic acid groups (broad SMARTS) is 1. The average Bonchev–Trinajstić information content (AvgIpc) is 2.24. The van der Waals surface area contributed by atoms with Crippen LogP contribution in [0, 0.1) is 5.41 Å². The van der Waals surface area contributed by atoms with Crippen molar-refractivity contribution in [2.45, 2.75) is 12.8 Å². The summed E-state index contributed by atoms with van der Waals surface area (Å²) in [7, 11) is 0. The zero-order valence-corrected chi connectivity index (χ0v) is 9.15. The van der Waals surface area contributed by atoms with E-state index in [2.05, 4.69) is 19.7 Å². The Kier molecular flexibility index (Phi) is 5.85. The Balaban J connectivity index is 5.05. The molecule has 4 heteroatoms. The number of esters is 1. The third kappa shape index (κ3) is 3.08. The number of hydrogen-bond donors (Lipinski definition) is 1. The molecule has 0 rings (SSSR count). The zero-order chi connectivity index (χ0) is 12.6. The van der Waals surface area contributed by atoms with Gasteiger partial charge in [0.05, 0.1) is 0 Å². The van der Waals surface area contributed by atoms with E-state index in [9.17, 15) is 9.59 Å². The van der Waals surface area contributed by atoms with E-state index in [1.54, 1.807) is 0 Å². The number of carboxylic acids is 1. The molecule has 0 radical (unpaired) electrons. The van der Waals surface area contributed by atoms with Crippen molar-refractivity contribution in [3.63, 3.8) is 0 Å². The third-order valence-corrected chi connectivity index (χ3v) is 2.12. The van der Waals surface area contributed by atoms with Gasteiger partial charge in [-0.05, 0) is 12.8 Å². The Hall–Kier alpha value is -1.84. The normalized spacial score (nSPS) is 10.2. The van der Waals surface area contributed by atoms with E-state index >= 15 is 0 Å². The van der Waals surface area contributed by atoms with E-state index < -0.39 is 17.4 Å². The summed E-state index contributed by atoms with van der Waals surface area (Å²) in [6.07, 6.45) is 4.15. The highest BCUT2D eigenvalue weighted by Gasteiger charge is 2.45. The summed E-state index contributed by atoms with van der Waals surface area (Å²) in [4.78, 5) is 22.9. The van der Waals surface area contributed by atoms with Crippen LogP contribution in [0.25, 0.3) is 0 Å². The van der Waals surface area contributed by atoms with Gasteiger partial charge >= 0.3 is 11.9 Å². The molecule has 0 bridgehead atoms. The highest BCUT2D eigenvalue weighted by Crippen LogP contribution is 2.30. The lowest BCUT2D eigenvalue weighted by Gasteiger charge is -2.24. The fraction of sp³-hybridized carbons (Fsp3) is 0.333. The van der Waals surface area contributed by atoms with Crippen LogP contribution in [0.15, 0.2) is 38.0 Å². The predicted molar refractivity (Wildman–Crippen MR) is 60.9 cm³/mol. The Labute approximate surface area is 94.9 Å². The second kappa shape index (κ2) is 6.61. The zero-order valence-electron chi connectivity index (χ0n) is 9.15. The van der Waals surface area contributed by atoms with Gasteiger partial charge in [-0.2, -0.15) is 0 Å². The lowest BCUT2D eigenvalue weighted by atomic mass is 9.81. The van der Waals surface area contributed by atoms with E-state index in [1.165, 1.54) is 18.2 Å². The Morgan fingerprint density at radius 1 is 1.12 bits per heavy atom.